The van der Waals surface area contributed by atoms with E-state index in [4.69, 9.17) is 9.47 Å². The molecule has 8 heteroatoms. The van der Waals surface area contributed by atoms with Gasteiger partial charge in [-0.15, -0.1) is 0 Å². The Morgan fingerprint density at radius 2 is 2.04 bits per heavy atom. The lowest BCUT2D eigenvalue weighted by molar-refractivity contribution is -0.385. The number of hydrogen-bond donors (Lipinski definition) is 1. The number of halogens is 1. The number of hydrogen-bond acceptors (Lipinski definition) is 5. The van der Waals surface area contributed by atoms with Gasteiger partial charge in [0.25, 0.3) is 11.6 Å². The predicted molar refractivity (Wildman–Crippen MR) is 89.6 cm³/mol. The zero-order valence-electron chi connectivity index (χ0n) is 13.7. The second kappa shape index (κ2) is 8.20. The number of amides is 1. The number of nitro groups is 1. The van der Waals surface area contributed by atoms with Crippen molar-refractivity contribution >= 4 is 17.3 Å². The molecular weight excluding hydrogens is 331 g/mol. The van der Waals surface area contributed by atoms with Crippen molar-refractivity contribution in [3.05, 3.63) is 63.5 Å². The molecular formula is C17H17FN2O5. The fourth-order valence-electron chi connectivity index (χ4n) is 2.22. The molecule has 0 aromatic heterocycles. The molecule has 0 unspecified atom stereocenters. The van der Waals surface area contributed by atoms with E-state index in [1.807, 2.05) is 0 Å². The Balaban J connectivity index is 2.27. The molecule has 0 spiro atoms. The SMILES string of the molecule is COCCOc1ccc(F)cc1NC(=O)c1cccc([N+](=O)[O-])c1C. The van der Waals surface area contributed by atoms with Crippen LogP contribution < -0.4 is 10.1 Å². The summed E-state index contributed by atoms with van der Waals surface area (Å²) in [5, 5.41) is 13.5. The maximum absolute atomic E-state index is 13.5. The molecule has 2 aromatic carbocycles. The van der Waals surface area contributed by atoms with E-state index in [2.05, 4.69) is 5.32 Å². The Hall–Kier alpha value is -3.00. The van der Waals surface area contributed by atoms with Crippen molar-refractivity contribution in [3.8, 4) is 5.75 Å². The van der Waals surface area contributed by atoms with Crippen LogP contribution in [0.4, 0.5) is 15.8 Å². The molecule has 0 aliphatic rings. The fourth-order valence-corrected chi connectivity index (χ4v) is 2.22. The zero-order chi connectivity index (χ0) is 18.4. The fraction of sp³-hybridized carbons (Fsp3) is 0.235. The number of nitrogens with zero attached hydrogens (tertiary/aromatic N) is 1. The molecule has 0 aliphatic heterocycles. The smallest absolute Gasteiger partial charge is 0.273 e. The first kappa shape index (κ1) is 18.3. The monoisotopic (exact) mass is 348 g/mol. The number of nitro benzene ring substituents is 1. The van der Waals surface area contributed by atoms with E-state index in [0.29, 0.717) is 6.61 Å². The van der Waals surface area contributed by atoms with Crippen molar-refractivity contribution in [3.63, 3.8) is 0 Å². The Bertz CT molecular complexity index is 795. The summed E-state index contributed by atoms with van der Waals surface area (Å²) in [7, 11) is 1.52. The Morgan fingerprint density at radius 3 is 2.72 bits per heavy atom. The second-order valence-electron chi connectivity index (χ2n) is 5.14. The van der Waals surface area contributed by atoms with Crippen LogP contribution >= 0.6 is 0 Å². The number of ether oxygens (including phenoxy) is 2. The van der Waals surface area contributed by atoms with Gasteiger partial charge in [-0.1, -0.05) is 6.07 Å². The third kappa shape index (κ3) is 4.51. The molecule has 2 rings (SSSR count). The van der Waals surface area contributed by atoms with Gasteiger partial charge in [-0.2, -0.15) is 0 Å². The van der Waals surface area contributed by atoms with Crippen molar-refractivity contribution in [1.29, 1.82) is 0 Å². The molecule has 1 N–H and O–H groups in total. The van der Waals surface area contributed by atoms with Gasteiger partial charge in [-0.3, -0.25) is 14.9 Å². The summed E-state index contributed by atoms with van der Waals surface area (Å²) in [5.74, 6) is -0.872. The van der Waals surface area contributed by atoms with Gasteiger partial charge in [0.2, 0.25) is 0 Å². The van der Waals surface area contributed by atoms with Gasteiger partial charge in [0.05, 0.1) is 17.2 Å². The van der Waals surface area contributed by atoms with E-state index in [1.54, 1.807) is 0 Å². The topological polar surface area (TPSA) is 90.7 Å². The minimum absolute atomic E-state index is 0.126. The van der Waals surface area contributed by atoms with Crippen molar-refractivity contribution < 1.29 is 23.6 Å². The molecule has 0 saturated carbocycles. The summed E-state index contributed by atoms with van der Waals surface area (Å²) in [6, 6.07) is 7.90. The zero-order valence-corrected chi connectivity index (χ0v) is 13.7. The van der Waals surface area contributed by atoms with Gasteiger partial charge in [-0.25, -0.2) is 4.39 Å². The first-order valence-corrected chi connectivity index (χ1v) is 7.40. The van der Waals surface area contributed by atoms with Gasteiger partial charge in [0.1, 0.15) is 18.2 Å². The standard InChI is InChI=1S/C17H17FN2O5/c1-11-13(4-3-5-15(11)20(22)23)17(21)19-14-10-12(18)6-7-16(14)25-9-8-24-2/h3-7,10H,8-9H2,1-2H3,(H,19,21). The summed E-state index contributed by atoms with van der Waals surface area (Å²) in [5.41, 5.74) is 0.319. The highest BCUT2D eigenvalue weighted by molar-refractivity contribution is 6.06. The highest BCUT2D eigenvalue weighted by Gasteiger charge is 2.19. The van der Waals surface area contributed by atoms with Gasteiger partial charge >= 0.3 is 0 Å². The van der Waals surface area contributed by atoms with Crippen LogP contribution in [-0.4, -0.2) is 31.2 Å². The summed E-state index contributed by atoms with van der Waals surface area (Å²) < 4.78 is 23.8. The lowest BCUT2D eigenvalue weighted by atomic mass is 10.1. The summed E-state index contributed by atoms with van der Waals surface area (Å²) in [4.78, 5) is 22.9. The number of carbonyl (C=O) groups is 1. The average molecular weight is 348 g/mol. The molecule has 0 aliphatic carbocycles. The molecule has 0 bridgehead atoms. The number of carbonyl (C=O) groups excluding carboxylic acids is 1. The molecule has 0 radical (unpaired) electrons. The van der Waals surface area contributed by atoms with Gasteiger partial charge in [0.15, 0.2) is 0 Å². The third-order valence-corrected chi connectivity index (χ3v) is 3.48. The number of anilines is 1. The number of nitrogens with one attached hydrogen (secondary N) is 1. The van der Waals surface area contributed by atoms with Crippen molar-refractivity contribution in [1.82, 2.24) is 0 Å². The van der Waals surface area contributed by atoms with Gasteiger partial charge in [0, 0.05) is 30.4 Å². The molecule has 7 nitrogen and oxygen atoms in total. The highest BCUT2D eigenvalue weighted by atomic mass is 19.1. The van der Waals surface area contributed by atoms with Crippen LogP contribution in [0, 0.1) is 22.9 Å². The maximum Gasteiger partial charge on any atom is 0.273 e. The quantitative estimate of drug-likeness (QED) is 0.471. The molecule has 0 saturated heterocycles. The highest BCUT2D eigenvalue weighted by Crippen LogP contribution is 2.27. The van der Waals surface area contributed by atoms with Gasteiger partial charge in [-0.05, 0) is 25.1 Å². The molecule has 132 valence electrons. The Kier molecular flexibility index (Phi) is 6.02. The summed E-state index contributed by atoms with van der Waals surface area (Å²) in [6.07, 6.45) is 0. The molecule has 0 heterocycles. The average Bonchev–Trinajstić information content (AvgIpc) is 2.56. The van der Waals surface area contributed by atoms with Crippen LogP contribution in [0.1, 0.15) is 15.9 Å². The van der Waals surface area contributed by atoms with Crippen molar-refractivity contribution in [2.24, 2.45) is 0 Å². The molecule has 25 heavy (non-hydrogen) atoms. The first-order chi connectivity index (χ1) is 11.9. The Morgan fingerprint density at radius 1 is 1.28 bits per heavy atom. The van der Waals surface area contributed by atoms with E-state index in [0.717, 1.165) is 6.07 Å². The largest absolute Gasteiger partial charge is 0.489 e. The minimum atomic E-state index is -0.594. The van der Waals surface area contributed by atoms with Crippen LogP contribution in [-0.2, 0) is 4.74 Å². The Labute approximate surface area is 143 Å². The predicted octanol–water partition coefficient (Wildman–Crippen LogP) is 3.32. The lowest BCUT2D eigenvalue weighted by Gasteiger charge is -2.13. The van der Waals surface area contributed by atoms with E-state index in [1.165, 1.54) is 44.4 Å². The van der Waals surface area contributed by atoms with E-state index in [9.17, 15) is 19.3 Å². The van der Waals surface area contributed by atoms with Crippen molar-refractivity contribution in [2.75, 3.05) is 25.6 Å². The van der Waals surface area contributed by atoms with E-state index >= 15 is 0 Å². The van der Waals surface area contributed by atoms with Crippen LogP contribution in [0.25, 0.3) is 0 Å². The number of benzene rings is 2. The van der Waals surface area contributed by atoms with Crippen LogP contribution in [0.2, 0.25) is 0 Å². The van der Waals surface area contributed by atoms with Crippen molar-refractivity contribution in [2.45, 2.75) is 6.92 Å². The summed E-state index contributed by atoms with van der Waals surface area (Å²) in [6.45, 7) is 2.03. The van der Waals surface area contributed by atoms with Crippen LogP contribution in [0.3, 0.4) is 0 Å². The second-order valence-corrected chi connectivity index (χ2v) is 5.14. The van der Waals surface area contributed by atoms with Gasteiger partial charge < -0.3 is 14.8 Å². The molecule has 1 amide bonds. The number of rotatable bonds is 7. The molecule has 2 aromatic rings. The molecule has 0 atom stereocenters. The summed E-state index contributed by atoms with van der Waals surface area (Å²) >= 11 is 0. The van der Waals surface area contributed by atoms with E-state index in [-0.39, 0.29) is 34.9 Å². The third-order valence-electron chi connectivity index (χ3n) is 3.48. The van der Waals surface area contributed by atoms with E-state index < -0.39 is 16.6 Å². The molecule has 0 fully saturated rings. The van der Waals surface area contributed by atoms with Crippen LogP contribution in [0.15, 0.2) is 36.4 Å². The normalized spacial score (nSPS) is 10.4. The number of methoxy groups -OCH3 is 1. The maximum atomic E-state index is 13.5. The lowest BCUT2D eigenvalue weighted by Crippen LogP contribution is -2.15. The van der Waals surface area contributed by atoms with Crippen LogP contribution in [0.5, 0.6) is 5.75 Å². The first-order valence-electron chi connectivity index (χ1n) is 7.40. The minimum Gasteiger partial charge on any atom is -0.489 e.